The summed E-state index contributed by atoms with van der Waals surface area (Å²) in [6.45, 7) is 0. The van der Waals surface area contributed by atoms with Gasteiger partial charge >= 0.3 is 10.7 Å². The van der Waals surface area contributed by atoms with E-state index in [0.717, 1.165) is 0 Å². The summed E-state index contributed by atoms with van der Waals surface area (Å²) in [5.41, 5.74) is 0.690. The number of carbonyl (C=O) groups is 1. The van der Waals surface area contributed by atoms with Crippen LogP contribution in [-0.4, -0.2) is 24.0 Å². The first-order chi connectivity index (χ1) is 13.1. The van der Waals surface area contributed by atoms with Crippen LogP contribution in [0, 0.1) is 5.82 Å². The molecule has 1 amide bonds. The zero-order valence-electron chi connectivity index (χ0n) is 14.4. The number of aromatic nitrogens is 2. The Morgan fingerprint density at radius 1 is 1.22 bits per heavy atom. The van der Waals surface area contributed by atoms with E-state index in [4.69, 9.17) is 9.26 Å². The summed E-state index contributed by atoms with van der Waals surface area (Å²) in [6.07, 6.45) is 0.176. The molecule has 7 nitrogen and oxygen atoms in total. The molecule has 140 valence electrons. The Hall–Kier alpha value is -3.07. The van der Waals surface area contributed by atoms with Crippen LogP contribution in [0.1, 0.15) is 6.42 Å². The summed E-state index contributed by atoms with van der Waals surface area (Å²) in [7, 11) is 1.57. The summed E-state index contributed by atoms with van der Waals surface area (Å²) in [5.74, 6) is 0.457. The number of amides is 1. The molecule has 0 unspecified atom stereocenters. The highest BCUT2D eigenvalue weighted by Gasteiger charge is 2.24. The number of nitrogens with one attached hydrogen (secondary N) is 2. The minimum atomic E-state index is -0.519. The number of H-pyrrole nitrogens is 1. The van der Waals surface area contributed by atoms with Crippen molar-refractivity contribution in [3.05, 3.63) is 64.8 Å². The minimum Gasteiger partial charge on any atom is -0.497 e. The van der Waals surface area contributed by atoms with Gasteiger partial charge in [0.25, 0.3) is 0 Å². The first-order valence-corrected chi connectivity index (χ1v) is 9.01. The summed E-state index contributed by atoms with van der Waals surface area (Å²) in [6, 6.07) is 12.6. The zero-order chi connectivity index (χ0) is 19.2. The lowest BCUT2D eigenvalue weighted by Crippen LogP contribution is -2.36. The molecule has 0 bridgehead atoms. The molecule has 0 fully saturated rings. The third-order valence-electron chi connectivity index (χ3n) is 3.63. The molecule has 3 rings (SSSR count). The van der Waals surface area contributed by atoms with E-state index in [1.165, 1.54) is 40.7 Å². The van der Waals surface area contributed by atoms with Gasteiger partial charge in [-0.05, 0) is 58.1 Å². The second kappa shape index (κ2) is 8.54. The van der Waals surface area contributed by atoms with Gasteiger partial charge in [0, 0.05) is 30.0 Å². The highest BCUT2D eigenvalue weighted by atomic mass is 32.2. The van der Waals surface area contributed by atoms with Gasteiger partial charge in [-0.2, -0.15) is 0 Å². The number of benzene rings is 2. The second-order valence-electron chi connectivity index (χ2n) is 5.47. The molecule has 0 radical (unpaired) electrons. The number of anilines is 1. The fourth-order valence-electron chi connectivity index (χ4n) is 2.29. The van der Waals surface area contributed by atoms with Crippen LogP contribution in [0.3, 0.4) is 0 Å². The highest BCUT2D eigenvalue weighted by molar-refractivity contribution is 7.99. The molecule has 1 heterocycles. The molecule has 0 aliphatic carbocycles. The molecule has 3 aromatic rings. The van der Waals surface area contributed by atoms with Crippen molar-refractivity contribution in [2.75, 3.05) is 18.2 Å². The molecule has 9 heteroatoms. The molecular formula is C18H17FN3O4S+. The Morgan fingerprint density at radius 2 is 1.93 bits per heavy atom. The van der Waals surface area contributed by atoms with Crippen molar-refractivity contribution in [2.24, 2.45) is 0 Å². The van der Waals surface area contributed by atoms with Gasteiger partial charge in [0.05, 0.1) is 7.11 Å². The van der Waals surface area contributed by atoms with Crippen molar-refractivity contribution in [3.63, 3.8) is 0 Å². The first-order valence-electron chi connectivity index (χ1n) is 8.03. The monoisotopic (exact) mass is 390 g/mol. The summed E-state index contributed by atoms with van der Waals surface area (Å²) in [5, 5.41) is 5.54. The molecule has 0 saturated carbocycles. The van der Waals surface area contributed by atoms with Gasteiger partial charge < -0.3 is 10.1 Å². The molecular weight excluding hydrogens is 373 g/mol. The fourth-order valence-corrected chi connectivity index (χ4v) is 3.20. The maximum absolute atomic E-state index is 12.9. The lowest BCUT2D eigenvalue weighted by molar-refractivity contribution is -0.704. The van der Waals surface area contributed by atoms with Crippen molar-refractivity contribution in [1.29, 1.82) is 0 Å². The van der Waals surface area contributed by atoms with Crippen molar-refractivity contribution in [1.82, 2.24) is 5.27 Å². The van der Waals surface area contributed by atoms with Crippen LogP contribution in [0.4, 0.5) is 10.1 Å². The highest BCUT2D eigenvalue weighted by Crippen LogP contribution is 2.16. The van der Waals surface area contributed by atoms with E-state index >= 15 is 0 Å². The van der Waals surface area contributed by atoms with Crippen LogP contribution >= 0.6 is 11.8 Å². The van der Waals surface area contributed by atoms with E-state index in [1.54, 1.807) is 31.4 Å². The second-order valence-corrected chi connectivity index (χ2v) is 6.56. The molecule has 0 saturated heterocycles. The normalized spacial score (nSPS) is 10.6. The van der Waals surface area contributed by atoms with Gasteiger partial charge in [0.2, 0.25) is 11.6 Å². The Kier molecular flexibility index (Phi) is 5.92. The minimum absolute atomic E-state index is 0.176. The summed E-state index contributed by atoms with van der Waals surface area (Å²) >= 11 is 1.20. The number of thioether (sulfide) groups is 1. The Labute approximate surface area is 158 Å². The topological polar surface area (TPSA) is 88.2 Å². The van der Waals surface area contributed by atoms with Crippen molar-refractivity contribution in [2.45, 2.75) is 11.4 Å². The van der Waals surface area contributed by atoms with Crippen molar-refractivity contribution in [3.8, 4) is 11.4 Å². The maximum Gasteiger partial charge on any atom is 0.442 e. The molecule has 0 aliphatic heterocycles. The average Bonchev–Trinajstić information content (AvgIpc) is 3.04. The van der Waals surface area contributed by atoms with E-state index in [-0.39, 0.29) is 18.1 Å². The smallest absolute Gasteiger partial charge is 0.442 e. The Balaban J connectivity index is 1.61. The largest absolute Gasteiger partial charge is 0.497 e. The average molecular weight is 390 g/mol. The van der Waals surface area contributed by atoms with Crippen LogP contribution in [0.2, 0.25) is 0 Å². The van der Waals surface area contributed by atoms with Gasteiger partial charge in [0.1, 0.15) is 11.6 Å². The van der Waals surface area contributed by atoms with E-state index < -0.39 is 5.63 Å². The Morgan fingerprint density at radius 3 is 2.59 bits per heavy atom. The van der Waals surface area contributed by atoms with Crippen molar-refractivity contribution >= 4 is 23.4 Å². The van der Waals surface area contributed by atoms with E-state index in [2.05, 4.69) is 10.6 Å². The van der Waals surface area contributed by atoms with E-state index in [1.807, 2.05) is 0 Å². The third kappa shape index (κ3) is 4.76. The summed E-state index contributed by atoms with van der Waals surface area (Å²) < 4.78 is 24.4. The molecule has 2 N–H and O–H groups in total. The van der Waals surface area contributed by atoms with E-state index in [9.17, 15) is 14.0 Å². The van der Waals surface area contributed by atoms with Crippen LogP contribution in [-0.2, 0) is 4.79 Å². The first kappa shape index (κ1) is 18.7. The molecule has 2 aromatic carbocycles. The number of hydrogen-bond donors (Lipinski definition) is 2. The molecule has 0 spiro atoms. The number of rotatable bonds is 7. The van der Waals surface area contributed by atoms with Gasteiger partial charge in [-0.15, -0.1) is 0 Å². The van der Waals surface area contributed by atoms with Gasteiger partial charge in [-0.25, -0.2) is 9.18 Å². The Bertz CT molecular complexity index is 968. The predicted octanol–water partition coefficient (Wildman–Crippen LogP) is 2.51. The number of carbonyl (C=O) groups excluding carboxylic acids is 1. The molecule has 0 aliphatic rings. The number of halogens is 1. The number of ether oxygens (including phenoxy) is 1. The third-order valence-corrected chi connectivity index (χ3v) is 4.66. The lowest BCUT2D eigenvalue weighted by atomic mass is 10.3. The van der Waals surface area contributed by atoms with E-state index in [0.29, 0.717) is 27.9 Å². The zero-order valence-corrected chi connectivity index (χ0v) is 15.2. The van der Waals surface area contributed by atoms with Gasteiger partial charge in [-0.3, -0.25) is 9.32 Å². The summed E-state index contributed by atoms with van der Waals surface area (Å²) in [4.78, 5) is 23.9. The maximum atomic E-state index is 12.9. The van der Waals surface area contributed by atoms with Crippen LogP contribution in [0.25, 0.3) is 5.69 Å². The van der Waals surface area contributed by atoms with Crippen LogP contribution in [0.15, 0.2) is 62.9 Å². The molecule has 0 atom stereocenters. The number of aromatic amines is 1. The van der Waals surface area contributed by atoms with Crippen LogP contribution < -0.4 is 20.4 Å². The number of hydrogen-bond acceptors (Lipinski definition) is 5. The quantitative estimate of drug-likeness (QED) is 0.478. The molecule has 1 aromatic heterocycles. The predicted molar refractivity (Wildman–Crippen MR) is 97.8 cm³/mol. The fraction of sp³-hybridized carbons (Fsp3) is 0.167. The van der Waals surface area contributed by atoms with Gasteiger partial charge in [0.15, 0.2) is 0 Å². The van der Waals surface area contributed by atoms with Crippen molar-refractivity contribution < 1.29 is 23.1 Å². The molecule has 27 heavy (non-hydrogen) atoms. The lowest BCUT2D eigenvalue weighted by Gasteiger charge is -2.03. The number of nitrogens with zero attached hydrogens (tertiary/aromatic N) is 1. The number of methoxy groups -OCH3 is 1. The standard InChI is InChI=1S/C18H16FN3O4S/c1-25-15-8-6-14(7-9-15)22-17(18(24)26-21-22)27-11-10-16(23)20-13-4-2-12(19)3-5-13/h2-9H,10-11H2,1H3,(H-,20,21,23,24)/p+1. The van der Waals surface area contributed by atoms with Gasteiger partial charge in [-0.1, -0.05) is 0 Å². The SMILES string of the molecule is COc1ccc(-[n+]2[nH]oc(=O)c2SCCC(=O)Nc2ccc(F)cc2)cc1. The van der Waals surface area contributed by atoms with Crippen LogP contribution in [0.5, 0.6) is 5.75 Å².